The van der Waals surface area contributed by atoms with E-state index in [-0.39, 0.29) is 24.2 Å². The molecule has 0 bridgehead atoms. The number of nitrogens with two attached hydrogens (primary N) is 1. The number of nitrogens with zero attached hydrogens (tertiary/aromatic N) is 1. The van der Waals surface area contributed by atoms with Gasteiger partial charge in [0.25, 0.3) is 11.8 Å². The quantitative estimate of drug-likeness (QED) is 0.314. The van der Waals surface area contributed by atoms with Crippen LogP contribution in [0.5, 0.6) is 0 Å². The van der Waals surface area contributed by atoms with Crippen molar-refractivity contribution in [3.63, 3.8) is 0 Å². The first-order valence-corrected chi connectivity index (χ1v) is 9.03. The Morgan fingerprint density at radius 2 is 1.58 bits per heavy atom. The average molecular weight is 366 g/mol. The van der Waals surface area contributed by atoms with Crippen molar-refractivity contribution in [1.82, 2.24) is 4.90 Å². The third-order valence-electron chi connectivity index (χ3n) is 5.67. The largest absolute Gasteiger partial charge is 0.480 e. The molecular weight excluding hydrogens is 340 g/mol. The first kappa shape index (κ1) is 20.1. The fourth-order valence-corrected chi connectivity index (χ4v) is 4.11. The fraction of sp³-hybridized carbons (Fsp3) is 0.667. The number of carbonyl (C=O) groups is 4. The number of aliphatic carboxylic acids is 2. The number of hydrogen-bond donors (Lipinski definition) is 3. The molecule has 0 saturated heterocycles. The summed E-state index contributed by atoms with van der Waals surface area (Å²) >= 11 is 0. The van der Waals surface area contributed by atoms with E-state index < -0.39 is 23.3 Å². The fourth-order valence-electron chi connectivity index (χ4n) is 4.11. The first-order valence-electron chi connectivity index (χ1n) is 9.03. The second-order valence-corrected chi connectivity index (χ2v) is 7.17. The predicted octanol–water partition coefficient (Wildman–Crippen LogP) is 1.00. The molecule has 0 aromatic rings. The van der Waals surface area contributed by atoms with Gasteiger partial charge in [-0.2, -0.15) is 0 Å². The monoisotopic (exact) mass is 366 g/mol. The van der Waals surface area contributed by atoms with Crippen LogP contribution in [-0.4, -0.2) is 52.0 Å². The van der Waals surface area contributed by atoms with Gasteiger partial charge in [-0.25, -0.2) is 0 Å². The summed E-state index contributed by atoms with van der Waals surface area (Å²) in [4.78, 5) is 48.3. The van der Waals surface area contributed by atoms with Crippen LogP contribution in [0.15, 0.2) is 12.2 Å². The summed E-state index contributed by atoms with van der Waals surface area (Å²) in [6.07, 6.45) is 5.70. The summed E-state index contributed by atoms with van der Waals surface area (Å²) in [7, 11) is 0. The molecule has 0 radical (unpaired) electrons. The SMILES string of the molecule is NCCCCC(C(=O)O)(C(=O)O)C1CCC(CN2C(=O)C=CC2=O)CC1. The van der Waals surface area contributed by atoms with Gasteiger partial charge in [-0.1, -0.05) is 6.42 Å². The Balaban J connectivity index is 2.02. The third-order valence-corrected chi connectivity index (χ3v) is 5.67. The highest BCUT2D eigenvalue weighted by molar-refractivity contribution is 6.12. The lowest BCUT2D eigenvalue weighted by Crippen LogP contribution is -2.47. The van der Waals surface area contributed by atoms with Crippen LogP contribution in [0.3, 0.4) is 0 Å². The summed E-state index contributed by atoms with van der Waals surface area (Å²) in [6.45, 7) is 0.700. The molecule has 0 atom stereocenters. The van der Waals surface area contributed by atoms with Crippen LogP contribution >= 0.6 is 0 Å². The number of amides is 2. The molecule has 1 heterocycles. The molecule has 2 aliphatic rings. The lowest BCUT2D eigenvalue weighted by atomic mass is 9.64. The maximum absolute atomic E-state index is 11.9. The zero-order valence-electron chi connectivity index (χ0n) is 14.7. The van der Waals surface area contributed by atoms with Gasteiger partial charge in [0, 0.05) is 18.7 Å². The Morgan fingerprint density at radius 1 is 1.04 bits per heavy atom. The number of unbranched alkanes of at least 4 members (excludes halogenated alkanes) is 1. The molecule has 0 spiro atoms. The normalized spacial score (nSPS) is 23.5. The van der Waals surface area contributed by atoms with Crippen LogP contribution in [0, 0.1) is 17.3 Å². The lowest BCUT2D eigenvalue weighted by Gasteiger charge is -2.39. The molecule has 1 fully saturated rings. The number of rotatable bonds is 9. The Morgan fingerprint density at radius 3 is 2.04 bits per heavy atom. The Bertz CT molecular complexity index is 575. The molecule has 2 rings (SSSR count). The molecular formula is C18H26N2O6. The van der Waals surface area contributed by atoms with Gasteiger partial charge in [-0.05, 0) is 56.9 Å². The highest BCUT2D eigenvalue weighted by atomic mass is 16.4. The van der Waals surface area contributed by atoms with Gasteiger partial charge in [0.2, 0.25) is 0 Å². The molecule has 0 aromatic carbocycles. The molecule has 1 saturated carbocycles. The highest BCUT2D eigenvalue weighted by Crippen LogP contribution is 2.44. The number of carbonyl (C=O) groups excluding carboxylic acids is 2. The average Bonchev–Trinajstić information content (AvgIpc) is 2.91. The van der Waals surface area contributed by atoms with Crippen molar-refractivity contribution in [3.8, 4) is 0 Å². The summed E-state index contributed by atoms with van der Waals surface area (Å²) in [5, 5.41) is 19.4. The van der Waals surface area contributed by atoms with Crippen molar-refractivity contribution in [2.75, 3.05) is 13.1 Å². The van der Waals surface area contributed by atoms with Crippen LogP contribution in [0.25, 0.3) is 0 Å². The van der Waals surface area contributed by atoms with Gasteiger partial charge in [0.15, 0.2) is 5.41 Å². The molecule has 8 nitrogen and oxygen atoms in total. The number of carboxylic acid groups (broad SMARTS) is 2. The maximum Gasteiger partial charge on any atom is 0.321 e. The minimum absolute atomic E-state index is 0.0667. The van der Waals surface area contributed by atoms with E-state index in [4.69, 9.17) is 5.73 Å². The van der Waals surface area contributed by atoms with Gasteiger partial charge in [0.1, 0.15) is 0 Å². The zero-order valence-corrected chi connectivity index (χ0v) is 14.7. The van der Waals surface area contributed by atoms with Crippen molar-refractivity contribution in [2.45, 2.75) is 44.9 Å². The van der Waals surface area contributed by atoms with Crippen LogP contribution in [0.2, 0.25) is 0 Å². The van der Waals surface area contributed by atoms with E-state index in [1.165, 1.54) is 17.1 Å². The molecule has 1 aliphatic heterocycles. The van der Waals surface area contributed by atoms with Gasteiger partial charge < -0.3 is 15.9 Å². The van der Waals surface area contributed by atoms with Crippen LogP contribution in [0.1, 0.15) is 44.9 Å². The van der Waals surface area contributed by atoms with E-state index in [0.29, 0.717) is 51.6 Å². The minimum atomic E-state index is -1.79. The molecule has 2 amide bonds. The van der Waals surface area contributed by atoms with Gasteiger partial charge >= 0.3 is 11.9 Å². The molecule has 0 aromatic heterocycles. The molecule has 0 unspecified atom stereocenters. The van der Waals surface area contributed by atoms with Gasteiger partial charge in [0.05, 0.1) is 0 Å². The summed E-state index contributed by atoms with van der Waals surface area (Å²) in [6, 6.07) is 0. The van der Waals surface area contributed by atoms with E-state index in [9.17, 15) is 29.4 Å². The molecule has 1 aliphatic carbocycles. The second-order valence-electron chi connectivity index (χ2n) is 7.17. The number of carboxylic acids is 2. The number of imide groups is 1. The predicted molar refractivity (Wildman–Crippen MR) is 91.9 cm³/mol. The minimum Gasteiger partial charge on any atom is -0.480 e. The number of hydrogen-bond acceptors (Lipinski definition) is 5. The van der Waals surface area contributed by atoms with E-state index >= 15 is 0 Å². The van der Waals surface area contributed by atoms with Gasteiger partial charge in [-0.15, -0.1) is 0 Å². The van der Waals surface area contributed by atoms with Gasteiger partial charge in [-0.3, -0.25) is 24.1 Å². The molecule has 144 valence electrons. The zero-order chi connectivity index (χ0) is 19.3. The van der Waals surface area contributed by atoms with Crippen molar-refractivity contribution in [2.24, 2.45) is 23.0 Å². The van der Waals surface area contributed by atoms with Crippen LogP contribution < -0.4 is 5.73 Å². The Labute approximate surface area is 152 Å². The van der Waals surface area contributed by atoms with Crippen molar-refractivity contribution < 1.29 is 29.4 Å². The Kier molecular flexibility index (Phi) is 6.52. The molecule has 4 N–H and O–H groups in total. The van der Waals surface area contributed by atoms with Crippen molar-refractivity contribution in [3.05, 3.63) is 12.2 Å². The smallest absolute Gasteiger partial charge is 0.321 e. The second kappa shape index (κ2) is 8.44. The first-order chi connectivity index (χ1) is 12.3. The van der Waals surface area contributed by atoms with Crippen LogP contribution in [-0.2, 0) is 19.2 Å². The lowest BCUT2D eigenvalue weighted by molar-refractivity contribution is -0.171. The van der Waals surface area contributed by atoms with E-state index in [1.807, 2.05) is 0 Å². The highest BCUT2D eigenvalue weighted by Gasteiger charge is 2.52. The summed E-state index contributed by atoms with van der Waals surface area (Å²) < 4.78 is 0. The topological polar surface area (TPSA) is 138 Å². The van der Waals surface area contributed by atoms with Crippen molar-refractivity contribution in [1.29, 1.82) is 0 Å². The van der Waals surface area contributed by atoms with Crippen LogP contribution in [0.4, 0.5) is 0 Å². The Hall–Kier alpha value is -2.22. The molecule has 26 heavy (non-hydrogen) atoms. The standard InChI is InChI=1S/C18H26N2O6/c19-10-2-1-9-18(16(23)24,17(25)26)13-5-3-12(4-6-13)11-20-14(21)7-8-15(20)22/h7-8,12-13H,1-6,9-11,19H2,(H,23,24)(H,25,26). The van der Waals surface area contributed by atoms with E-state index in [0.717, 1.165) is 0 Å². The summed E-state index contributed by atoms with van der Waals surface area (Å²) in [5.41, 5.74) is 3.66. The van der Waals surface area contributed by atoms with Crippen molar-refractivity contribution >= 4 is 23.8 Å². The van der Waals surface area contributed by atoms with E-state index in [2.05, 4.69) is 0 Å². The molecule has 8 heteroatoms. The van der Waals surface area contributed by atoms with E-state index in [1.54, 1.807) is 0 Å². The summed E-state index contributed by atoms with van der Waals surface area (Å²) in [5.74, 6) is -3.63. The third kappa shape index (κ3) is 3.95. The maximum atomic E-state index is 11.9.